The third-order valence-corrected chi connectivity index (χ3v) is 5.59. The number of likely N-dealkylation sites (tertiary alicyclic amines) is 2. The van der Waals surface area contributed by atoms with Gasteiger partial charge in [-0.3, -0.25) is 9.59 Å². The highest BCUT2D eigenvalue weighted by atomic mass is 35.5. The average Bonchev–Trinajstić information content (AvgIpc) is 3.10. The van der Waals surface area contributed by atoms with Crippen LogP contribution in [0.15, 0.2) is 30.3 Å². The van der Waals surface area contributed by atoms with E-state index in [-0.39, 0.29) is 24.2 Å². The number of hydrogen-bond donors (Lipinski definition) is 1. The first-order valence-corrected chi connectivity index (χ1v) is 9.32. The molecule has 2 amide bonds. The second-order valence-corrected chi connectivity index (χ2v) is 7.72. The summed E-state index contributed by atoms with van der Waals surface area (Å²) in [6, 6.07) is 9.37. The molecule has 2 heterocycles. The molecule has 0 bridgehead atoms. The van der Waals surface area contributed by atoms with Crippen LogP contribution in [0.5, 0.6) is 0 Å². The Hall–Kier alpha value is -1.59. The number of nitrogens with zero attached hydrogens (tertiary/aromatic N) is 2. The van der Waals surface area contributed by atoms with Gasteiger partial charge in [-0.05, 0) is 57.8 Å². The monoisotopic (exact) mass is 379 g/mol. The first kappa shape index (κ1) is 20.7. The fourth-order valence-corrected chi connectivity index (χ4v) is 4.20. The quantitative estimate of drug-likeness (QED) is 0.874. The van der Waals surface area contributed by atoms with Crippen LogP contribution < -0.4 is 5.32 Å². The highest BCUT2D eigenvalue weighted by Gasteiger charge is 2.43. The Balaban J connectivity index is 0.00000243. The van der Waals surface area contributed by atoms with Gasteiger partial charge in [-0.2, -0.15) is 0 Å². The SMILES string of the molecule is CNCC1CCN(C(=O)C2(C)CCCN(C(=O)c3ccccc3)C2)C1.Cl. The predicted molar refractivity (Wildman–Crippen MR) is 106 cm³/mol. The van der Waals surface area contributed by atoms with E-state index in [0.29, 0.717) is 18.0 Å². The van der Waals surface area contributed by atoms with E-state index in [4.69, 9.17) is 0 Å². The normalized spacial score (nSPS) is 25.7. The van der Waals surface area contributed by atoms with Crippen molar-refractivity contribution in [1.29, 1.82) is 0 Å². The van der Waals surface area contributed by atoms with Gasteiger partial charge in [0.15, 0.2) is 0 Å². The molecule has 2 fully saturated rings. The second kappa shape index (κ2) is 8.87. The number of piperidine rings is 1. The number of carbonyl (C=O) groups is 2. The number of halogens is 1. The zero-order chi connectivity index (χ0) is 17.9. The number of rotatable bonds is 4. The average molecular weight is 380 g/mol. The second-order valence-electron chi connectivity index (χ2n) is 7.72. The van der Waals surface area contributed by atoms with Crippen molar-refractivity contribution in [2.75, 3.05) is 39.8 Å². The Bertz CT molecular complexity index is 625. The van der Waals surface area contributed by atoms with Crippen LogP contribution in [0.1, 0.15) is 36.5 Å². The first-order chi connectivity index (χ1) is 12.0. The smallest absolute Gasteiger partial charge is 0.253 e. The van der Waals surface area contributed by atoms with Crippen LogP contribution in [0.25, 0.3) is 0 Å². The zero-order valence-electron chi connectivity index (χ0n) is 15.7. The highest BCUT2D eigenvalue weighted by Crippen LogP contribution is 2.34. The lowest BCUT2D eigenvalue weighted by atomic mass is 9.80. The maximum absolute atomic E-state index is 13.1. The van der Waals surface area contributed by atoms with Gasteiger partial charge in [0.2, 0.25) is 5.91 Å². The molecule has 1 N–H and O–H groups in total. The van der Waals surface area contributed by atoms with Gasteiger partial charge in [0.05, 0.1) is 5.41 Å². The lowest BCUT2D eigenvalue weighted by Crippen LogP contribution is -2.52. The van der Waals surface area contributed by atoms with Gasteiger partial charge in [-0.1, -0.05) is 18.2 Å². The number of benzene rings is 1. The molecule has 0 aromatic heterocycles. The molecule has 144 valence electrons. The van der Waals surface area contributed by atoms with Crippen LogP contribution in [0.2, 0.25) is 0 Å². The first-order valence-electron chi connectivity index (χ1n) is 9.32. The summed E-state index contributed by atoms with van der Waals surface area (Å²) in [4.78, 5) is 29.8. The van der Waals surface area contributed by atoms with Crippen LogP contribution in [0.3, 0.4) is 0 Å². The fourth-order valence-electron chi connectivity index (χ4n) is 4.20. The van der Waals surface area contributed by atoms with Crippen molar-refractivity contribution in [2.45, 2.75) is 26.2 Å². The third-order valence-electron chi connectivity index (χ3n) is 5.59. The van der Waals surface area contributed by atoms with Crippen molar-refractivity contribution >= 4 is 24.2 Å². The minimum absolute atomic E-state index is 0. The molecular formula is C20H30ClN3O2. The van der Waals surface area contributed by atoms with Crippen LogP contribution in [-0.4, -0.2) is 61.4 Å². The Morgan fingerprint density at radius 2 is 1.92 bits per heavy atom. The summed E-state index contributed by atoms with van der Waals surface area (Å²) >= 11 is 0. The molecule has 3 rings (SSSR count). The molecule has 0 saturated carbocycles. The molecule has 1 aromatic carbocycles. The van der Waals surface area contributed by atoms with Gasteiger partial charge in [-0.15, -0.1) is 12.4 Å². The molecule has 1 aromatic rings. The largest absolute Gasteiger partial charge is 0.342 e. The van der Waals surface area contributed by atoms with Crippen molar-refractivity contribution < 1.29 is 9.59 Å². The molecular weight excluding hydrogens is 350 g/mol. The topological polar surface area (TPSA) is 52.7 Å². The molecule has 2 atom stereocenters. The highest BCUT2D eigenvalue weighted by molar-refractivity contribution is 5.95. The van der Waals surface area contributed by atoms with Gasteiger partial charge in [0.25, 0.3) is 5.91 Å². The number of amides is 2. The van der Waals surface area contributed by atoms with Gasteiger partial charge in [0, 0.05) is 31.7 Å². The van der Waals surface area contributed by atoms with Gasteiger partial charge in [0.1, 0.15) is 0 Å². The van der Waals surface area contributed by atoms with E-state index in [2.05, 4.69) is 5.32 Å². The number of nitrogens with one attached hydrogen (secondary N) is 1. The summed E-state index contributed by atoms with van der Waals surface area (Å²) in [5, 5.41) is 3.21. The van der Waals surface area contributed by atoms with Crippen molar-refractivity contribution in [1.82, 2.24) is 15.1 Å². The predicted octanol–water partition coefficient (Wildman–Crippen LogP) is 2.42. The third kappa shape index (κ3) is 4.38. The Morgan fingerprint density at radius 1 is 1.19 bits per heavy atom. The van der Waals surface area contributed by atoms with Crippen LogP contribution >= 0.6 is 12.4 Å². The van der Waals surface area contributed by atoms with Crippen molar-refractivity contribution in [2.24, 2.45) is 11.3 Å². The van der Waals surface area contributed by atoms with E-state index in [1.54, 1.807) is 0 Å². The standard InChI is InChI=1S/C20H29N3O2.ClH/c1-20(19(25)22-12-9-16(14-22)13-21-2)10-6-11-23(15-20)18(24)17-7-4-3-5-8-17;/h3-5,7-8,16,21H,6,9-15H2,1-2H3;1H. The molecule has 0 spiro atoms. The van der Waals surface area contributed by atoms with Crippen LogP contribution in [-0.2, 0) is 4.79 Å². The summed E-state index contributed by atoms with van der Waals surface area (Å²) < 4.78 is 0. The lowest BCUT2D eigenvalue weighted by molar-refractivity contribution is -0.142. The van der Waals surface area contributed by atoms with Gasteiger partial charge >= 0.3 is 0 Å². The zero-order valence-corrected chi connectivity index (χ0v) is 16.6. The van der Waals surface area contributed by atoms with Gasteiger partial charge in [-0.25, -0.2) is 0 Å². The Kier molecular flexibility index (Phi) is 7.07. The summed E-state index contributed by atoms with van der Waals surface area (Å²) in [6.07, 6.45) is 2.81. The number of hydrogen-bond acceptors (Lipinski definition) is 3. The van der Waals surface area contributed by atoms with Gasteiger partial charge < -0.3 is 15.1 Å². The van der Waals surface area contributed by atoms with E-state index < -0.39 is 5.41 Å². The van der Waals surface area contributed by atoms with Crippen molar-refractivity contribution in [3.05, 3.63) is 35.9 Å². The molecule has 6 heteroatoms. The van der Waals surface area contributed by atoms with Crippen LogP contribution in [0.4, 0.5) is 0 Å². The lowest BCUT2D eigenvalue weighted by Gasteiger charge is -2.41. The maximum atomic E-state index is 13.1. The fraction of sp³-hybridized carbons (Fsp3) is 0.600. The minimum Gasteiger partial charge on any atom is -0.342 e. The molecule has 2 aliphatic heterocycles. The van der Waals surface area contributed by atoms with Crippen molar-refractivity contribution in [3.8, 4) is 0 Å². The van der Waals surface area contributed by atoms with E-state index in [1.165, 1.54) is 0 Å². The molecule has 0 aliphatic carbocycles. The van der Waals surface area contributed by atoms with E-state index in [1.807, 2.05) is 54.1 Å². The Morgan fingerprint density at radius 3 is 2.62 bits per heavy atom. The Labute approximate surface area is 162 Å². The molecule has 2 unspecified atom stereocenters. The summed E-state index contributed by atoms with van der Waals surface area (Å²) in [5.74, 6) is 0.800. The van der Waals surface area contributed by atoms with E-state index in [0.717, 1.165) is 45.4 Å². The molecule has 26 heavy (non-hydrogen) atoms. The molecule has 0 radical (unpaired) electrons. The molecule has 2 aliphatic rings. The summed E-state index contributed by atoms with van der Waals surface area (Å²) in [5.41, 5.74) is 0.242. The maximum Gasteiger partial charge on any atom is 0.253 e. The van der Waals surface area contributed by atoms with E-state index in [9.17, 15) is 9.59 Å². The summed E-state index contributed by atoms with van der Waals surface area (Å²) in [7, 11) is 1.96. The number of carbonyl (C=O) groups excluding carboxylic acids is 2. The van der Waals surface area contributed by atoms with Crippen LogP contribution in [0, 0.1) is 11.3 Å². The molecule has 5 nitrogen and oxygen atoms in total. The molecule has 2 saturated heterocycles. The van der Waals surface area contributed by atoms with Crippen molar-refractivity contribution in [3.63, 3.8) is 0 Å². The van der Waals surface area contributed by atoms with E-state index >= 15 is 0 Å². The minimum atomic E-state index is -0.461. The summed E-state index contributed by atoms with van der Waals surface area (Å²) in [6.45, 7) is 5.92.